The number of rotatable bonds is 2. The summed E-state index contributed by atoms with van der Waals surface area (Å²) in [5.74, 6) is 1.15. The van der Waals surface area contributed by atoms with Crippen LogP contribution >= 0.6 is 0 Å². The number of carbonyl (C=O) groups is 1. The molecule has 0 bridgehead atoms. The molecule has 0 saturated carbocycles. The molecule has 3 nitrogen and oxygen atoms in total. The van der Waals surface area contributed by atoms with E-state index in [2.05, 4.69) is 0 Å². The second kappa shape index (κ2) is 4.30. The van der Waals surface area contributed by atoms with Crippen LogP contribution in [-0.4, -0.2) is 10.9 Å². The number of aliphatic hydroxyl groups is 1. The predicted octanol–water partition coefficient (Wildman–Crippen LogP) is 3.30. The first-order valence-corrected chi connectivity index (χ1v) is 5.86. The lowest BCUT2D eigenvalue weighted by Crippen LogP contribution is -2.23. The molecule has 0 aliphatic heterocycles. The lowest BCUT2D eigenvalue weighted by atomic mass is 9.82. The third-order valence-corrected chi connectivity index (χ3v) is 2.55. The first-order valence-electron chi connectivity index (χ1n) is 5.86. The number of hydrogen-bond acceptors (Lipinski definition) is 3. The average molecular weight is 238 g/mol. The van der Waals surface area contributed by atoms with Crippen LogP contribution in [0.4, 0.5) is 0 Å². The molecule has 1 heterocycles. The highest BCUT2D eigenvalue weighted by Gasteiger charge is 2.32. The van der Waals surface area contributed by atoms with E-state index < -0.39 is 5.41 Å². The Morgan fingerprint density at radius 2 is 1.76 bits per heavy atom. The van der Waals surface area contributed by atoms with Crippen molar-refractivity contribution in [1.29, 1.82) is 0 Å². The molecule has 1 aromatic rings. The van der Waals surface area contributed by atoms with E-state index in [9.17, 15) is 4.79 Å². The molecule has 1 rings (SSSR count). The van der Waals surface area contributed by atoms with Gasteiger partial charge < -0.3 is 9.52 Å². The van der Waals surface area contributed by atoms with Crippen LogP contribution in [0.25, 0.3) is 0 Å². The van der Waals surface area contributed by atoms with Crippen LogP contribution in [0.5, 0.6) is 0 Å². The van der Waals surface area contributed by atoms with Gasteiger partial charge in [-0.3, -0.25) is 4.79 Å². The van der Waals surface area contributed by atoms with Crippen molar-refractivity contribution < 1.29 is 14.3 Å². The molecule has 0 amide bonds. The Hall–Kier alpha value is -1.09. The monoisotopic (exact) mass is 238 g/mol. The second-order valence-corrected chi connectivity index (χ2v) is 6.44. The Bertz CT molecular complexity index is 414. The van der Waals surface area contributed by atoms with Crippen molar-refractivity contribution in [1.82, 2.24) is 0 Å². The Morgan fingerprint density at radius 3 is 2.12 bits per heavy atom. The van der Waals surface area contributed by atoms with E-state index in [4.69, 9.17) is 9.52 Å². The van der Waals surface area contributed by atoms with Gasteiger partial charge in [0.2, 0.25) is 0 Å². The summed E-state index contributed by atoms with van der Waals surface area (Å²) < 4.78 is 5.57. The molecule has 1 aromatic heterocycles. The van der Waals surface area contributed by atoms with E-state index in [0.717, 1.165) is 0 Å². The van der Waals surface area contributed by atoms with Crippen molar-refractivity contribution in [3.05, 3.63) is 23.2 Å². The fourth-order valence-electron chi connectivity index (χ4n) is 1.65. The van der Waals surface area contributed by atoms with Gasteiger partial charge in [-0.2, -0.15) is 0 Å². The van der Waals surface area contributed by atoms with E-state index in [1.54, 1.807) is 6.07 Å². The quantitative estimate of drug-likeness (QED) is 0.804. The van der Waals surface area contributed by atoms with E-state index in [-0.39, 0.29) is 17.8 Å². The zero-order valence-electron chi connectivity index (χ0n) is 11.5. The van der Waals surface area contributed by atoms with Crippen LogP contribution in [0.1, 0.15) is 63.4 Å². The van der Waals surface area contributed by atoms with Crippen LogP contribution < -0.4 is 0 Å². The van der Waals surface area contributed by atoms with Gasteiger partial charge in [0.1, 0.15) is 18.1 Å². The number of furan rings is 1. The minimum Gasteiger partial charge on any atom is -0.462 e. The number of ketones is 1. The molecule has 0 spiro atoms. The lowest BCUT2D eigenvalue weighted by Gasteiger charge is -2.21. The molecule has 0 atom stereocenters. The predicted molar refractivity (Wildman–Crippen MR) is 67.1 cm³/mol. The smallest absolute Gasteiger partial charge is 0.171 e. The third kappa shape index (κ3) is 2.97. The zero-order chi connectivity index (χ0) is 13.4. The Labute approximate surface area is 103 Å². The number of carbonyl (C=O) groups excluding carboxylic acids is 1. The summed E-state index contributed by atoms with van der Waals surface area (Å²) in [5.41, 5.74) is -0.102. The zero-order valence-corrected chi connectivity index (χ0v) is 11.5. The first-order chi connectivity index (χ1) is 7.57. The van der Waals surface area contributed by atoms with Crippen LogP contribution in [0.2, 0.25) is 0 Å². The first kappa shape index (κ1) is 14.0. The molecule has 0 aliphatic carbocycles. The third-order valence-electron chi connectivity index (χ3n) is 2.55. The van der Waals surface area contributed by atoms with Gasteiger partial charge in [0.15, 0.2) is 5.78 Å². The molecule has 96 valence electrons. The highest BCUT2D eigenvalue weighted by Crippen LogP contribution is 2.33. The van der Waals surface area contributed by atoms with Crippen molar-refractivity contribution >= 4 is 5.78 Å². The average Bonchev–Trinajstić information content (AvgIpc) is 2.57. The van der Waals surface area contributed by atoms with Crippen LogP contribution in [0.15, 0.2) is 10.5 Å². The van der Waals surface area contributed by atoms with Gasteiger partial charge in [-0.1, -0.05) is 41.5 Å². The minimum atomic E-state index is -0.448. The standard InChI is InChI=1S/C14H22O3/c1-13(2,3)11(16)10-7-9(8-15)17-12(10)14(4,5)6/h7,15H,8H2,1-6H3. The number of aliphatic hydroxyl groups excluding tert-OH is 1. The maximum atomic E-state index is 12.3. The van der Waals surface area contributed by atoms with E-state index >= 15 is 0 Å². The summed E-state index contributed by atoms with van der Waals surface area (Å²) in [5, 5.41) is 9.12. The fourth-order valence-corrected chi connectivity index (χ4v) is 1.65. The van der Waals surface area contributed by atoms with Gasteiger partial charge in [-0.05, 0) is 6.07 Å². The Balaban J connectivity index is 3.33. The summed E-state index contributed by atoms with van der Waals surface area (Å²) in [4.78, 5) is 12.3. The molecule has 0 radical (unpaired) electrons. The number of hydrogen-bond donors (Lipinski definition) is 1. The van der Waals surface area contributed by atoms with Crippen molar-refractivity contribution in [2.24, 2.45) is 5.41 Å². The highest BCUT2D eigenvalue weighted by molar-refractivity contribution is 6.01. The molecule has 0 unspecified atom stereocenters. The minimum absolute atomic E-state index is 0.0471. The summed E-state index contributed by atoms with van der Waals surface area (Å²) in [6.45, 7) is 11.4. The summed E-state index contributed by atoms with van der Waals surface area (Å²) in [6.07, 6.45) is 0. The normalized spacial score (nSPS) is 12.9. The van der Waals surface area contributed by atoms with Crippen LogP contribution in [-0.2, 0) is 12.0 Å². The van der Waals surface area contributed by atoms with Gasteiger partial charge in [0, 0.05) is 10.8 Å². The lowest BCUT2D eigenvalue weighted by molar-refractivity contribution is 0.0854. The maximum absolute atomic E-state index is 12.3. The molecule has 0 aliphatic rings. The summed E-state index contributed by atoms with van der Waals surface area (Å²) in [6, 6.07) is 1.66. The van der Waals surface area contributed by atoms with Gasteiger partial charge in [0.05, 0.1) is 5.56 Å². The van der Waals surface area contributed by atoms with Crippen LogP contribution in [0.3, 0.4) is 0 Å². The van der Waals surface area contributed by atoms with Gasteiger partial charge >= 0.3 is 0 Å². The van der Waals surface area contributed by atoms with Crippen molar-refractivity contribution in [2.75, 3.05) is 0 Å². The largest absolute Gasteiger partial charge is 0.462 e. The van der Waals surface area contributed by atoms with E-state index in [1.165, 1.54) is 0 Å². The van der Waals surface area contributed by atoms with E-state index in [0.29, 0.717) is 17.1 Å². The van der Waals surface area contributed by atoms with Crippen molar-refractivity contribution in [2.45, 2.75) is 53.6 Å². The Morgan fingerprint density at radius 1 is 1.24 bits per heavy atom. The second-order valence-electron chi connectivity index (χ2n) is 6.44. The van der Waals surface area contributed by atoms with Crippen molar-refractivity contribution in [3.63, 3.8) is 0 Å². The molecular formula is C14H22O3. The van der Waals surface area contributed by atoms with E-state index in [1.807, 2.05) is 41.5 Å². The maximum Gasteiger partial charge on any atom is 0.171 e. The van der Waals surface area contributed by atoms with Crippen LogP contribution in [0, 0.1) is 5.41 Å². The Kier molecular flexibility index (Phi) is 3.53. The molecule has 1 N–H and O–H groups in total. The molecule has 3 heteroatoms. The van der Waals surface area contributed by atoms with Crippen molar-refractivity contribution in [3.8, 4) is 0 Å². The molecular weight excluding hydrogens is 216 g/mol. The molecule has 0 aromatic carbocycles. The summed E-state index contributed by atoms with van der Waals surface area (Å²) in [7, 11) is 0. The molecule has 0 fully saturated rings. The van der Waals surface area contributed by atoms with Gasteiger partial charge in [-0.25, -0.2) is 0 Å². The molecule has 0 saturated heterocycles. The fraction of sp³-hybridized carbons (Fsp3) is 0.643. The molecule has 17 heavy (non-hydrogen) atoms. The number of Topliss-reactive ketones (excluding diaryl/α,β-unsaturated/α-hetero) is 1. The van der Waals surface area contributed by atoms with Gasteiger partial charge in [0.25, 0.3) is 0 Å². The van der Waals surface area contributed by atoms with Gasteiger partial charge in [-0.15, -0.1) is 0 Å². The topological polar surface area (TPSA) is 50.4 Å². The highest BCUT2D eigenvalue weighted by atomic mass is 16.4. The summed E-state index contributed by atoms with van der Waals surface area (Å²) >= 11 is 0. The SMILES string of the molecule is CC(C)(C)C(=O)c1cc(CO)oc1C(C)(C)C.